The Morgan fingerprint density at radius 2 is 1.55 bits per heavy atom. The number of ether oxygens (including phenoxy) is 1. The highest BCUT2D eigenvalue weighted by Gasteiger charge is 2.68. The number of allylic oxidation sites excluding steroid dienone is 2. The minimum Gasteiger partial charge on any atom is -0.503 e. The molecular formula is C41H31Br2N3O7. The molecule has 1 N–H and O–H groups in total. The third kappa shape index (κ3) is 4.77. The summed E-state index contributed by atoms with van der Waals surface area (Å²) >= 11 is 7.17. The van der Waals surface area contributed by atoms with Crippen LogP contribution in [0, 0.1) is 29.1 Å². The normalized spacial score (nSPS) is 26.5. The molecule has 0 spiro atoms. The average Bonchev–Trinajstić information content (AvgIpc) is 3.78. The molecule has 0 radical (unpaired) electrons. The largest absolute Gasteiger partial charge is 0.503 e. The number of amides is 4. The molecule has 266 valence electrons. The first kappa shape index (κ1) is 33.7. The van der Waals surface area contributed by atoms with Gasteiger partial charge in [0.25, 0.3) is 0 Å². The summed E-state index contributed by atoms with van der Waals surface area (Å²) in [4.78, 5) is 65.1. The Morgan fingerprint density at radius 3 is 2.26 bits per heavy atom. The fraction of sp³-hybridized carbons (Fsp3) is 0.244. The number of rotatable bonds is 5. The molecule has 4 amide bonds. The maximum Gasteiger partial charge on any atom is 0.241 e. The van der Waals surface area contributed by atoms with Crippen LogP contribution in [0.2, 0.25) is 0 Å². The number of hydrogen-bond acceptors (Lipinski definition) is 8. The highest BCUT2D eigenvalue weighted by atomic mass is 79.9. The monoisotopic (exact) mass is 835 g/mol. The minimum absolute atomic E-state index is 0.121. The fourth-order valence-corrected chi connectivity index (χ4v) is 10.1. The van der Waals surface area contributed by atoms with E-state index in [1.807, 2.05) is 43.3 Å². The molecule has 5 aromatic rings. The lowest BCUT2D eigenvalue weighted by Crippen LogP contribution is -2.49. The van der Waals surface area contributed by atoms with E-state index in [9.17, 15) is 24.3 Å². The zero-order chi connectivity index (χ0) is 36.9. The van der Waals surface area contributed by atoms with Crippen LogP contribution >= 0.6 is 31.9 Å². The van der Waals surface area contributed by atoms with Gasteiger partial charge < -0.3 is 14.3 Å². The molecule has 0 unspecified atom stereocenters. The summed E-state index contributed by atoms with van der Waals surface area (Å²) in [5, 5.41) is 10.9. The maximum absolute atomic E-state index is 14.7. The Morgan fingerprint density at radius 1 is 0.849 bits per heavy atom. The zero-order valence-electron chi connectivity index (χ0n) is 28.5. The molecular weight excluding hydrogens is 806 g/mol. The number of benzene rings is 4. The number of aromatic nitrogens is 1. The molecule has 53 heavy (non-hydrogen) atoms. The lowest BCUT2D eigenvalue weighted by Gasteiger charge is -2.49. The molecule has 1 saturated carbocycles. The van der Waals surface area contributed by atoms with Crippen molar-refractivity contribution in [2.45, 2.75) is 25.7 Å². The first-order valence-electron chi connectivity index (χ1n) is 17.3. The number of imide groups is 2. The summed E-state index contributed by atoms with van der Waals surface area (Å²) < 4.78 is 12.3. The molecule has 1 aromatic heterocycles. The number of phenols is 1. The van der Waals surface area contributed by atoms with Crippen molar-refractivity contribution in [3.8, 4) is 23.0 Å². The van der Waals surface area contributed by atoms with Gasteiger partial charge in [-0.2, -0.15) is 0 Å². The first-order valence-corrected chi connectivity index (χ1v) is 18.8. The molecule has 12 heteroatoms. The first-order chi connectivity index (χ1) is 25.5. The van der Waals surface area contributed by atoms with Crippen molar-refractivity contribution in [3.63, 3.8) is 0 Å². The van der Waals surface area contributed by atoms with Crippen molar-refractivity contribution in [1.29, 1.82) is 0 Å². The molecule has 4 aromatic carbocycles. The number of anilines is 2. The number of oxazole rings is 1. The molecule has 3 fully saturated rings. The van der Waals surface area contributed by atoms with Gasteiger partial charge in [-0.25, -0.2) is 9.88 Å². The fourth-order valence-electron chi connectivity index (χ4n) is 9.16. The van der Waals surface area contributed by atoms with Gasteiger partial charge in [-0.3, -0.25) is 24.1 Å². The zero-order valence-corrected chi connectivity index (χ0v) is 31.6. The van der Waals surface area contributed by atoms with Crippen LogP contribution in [0.4, 0.5) is 11.4 Å². The Balaban J connectivity index is 1.13. The molecule has 3 heterocycles. The SMILES string of the molecule is COc1cc([C@H]2C3=CC[C@@H]4C(=O)N(c5ccc(-c6nc7ccccc7o6)cc5)C(=O)[C@@H]4[C@@H]3C[C@H]3C(=O)N(c4ccccc4)C(=O)[C@@]23C)c(Br)c(Br)c1O. The second kappa shape index (κ2) is 12.2. The second-order valence-electron chi connectivity index (χ2n) is 14.2. The van der Waals surface area contributed by atoms with Crippen molar-refractivity contribution >= 4 is 78.0 Å². The summed E-state index contributed by atoms with van der Waals surface area (Å²) in [5.41, 5.74) is 3.16. The number of phenolic OH excluding ortho intramolecular Hbond substituents is 1. The van der Waals surface area contributed by atoms with Crippen LogP contribution in [0.5, 0.6) is 11.5 Å². The van der Waals surface area contributed by atoms with Crippen molar-refractivity contribution < 1.29 is 33.4 Å². The van der Waals surface area contributed by atoms with Crippen molar-refractivity contribution in [2.75, 3.05) is 16.9 Å². The number of aromatic hydroxyl groups is 1. The molecule has 4 aliphatic rings. The van der Waals surface area contributed by atoms with Gasteiger partial charge in [-0.1, -0.05) is 42.0 Å². The van der Waals surface area contributed by atoms with Gasteiger partial charge in [-0.15, -0.1) is 0 Å². The van der Waals surface area contributed by atoms with Gasteiger partial charge in [0.05, 0.1) is 46.1 Å². The lowest BCUT2D eigenvalue weighted by molar-refractivity contribution is -0.131. The third-order valence-electron chi connectivity index (χ3n) is 11.7. The van der Waals surface area contributed by atoms with Crippen LogP contribution in [0.3, 0.4) is 0 Å². The van der Waals surface area contributed by atoms with Crippen LogP contribution in [-0.4, -0.2) is 40.8 Å². The van der Waals surface area contributed by atoms with E-state index >= 15 is 0 Å². The number of methoxy groups -OCH3 is 1. The number of halogens is 2. The van der Waals surface area contributed by atoms with Crippen molar-refractivity contribution in [1.82, 2.24) is 4.98 Å². The predicted octanol–water partition coefficient (Wildman–Crippen LogP) is 8.17. The van der Waals surface area contributed by atoms with Crippen molar-refractivity contribution in [3.05, 3.63) is 111 Å². The van der Waals surface area contributed by atoms with Crippen LogP contribution in [0.15, 0.2) is 110 Å². The number of hydrogen-bond donors (Lipinski definition) is 1. The van der Waals surface area contributed by atoms with Gasteiger partial charge in [0.1, 0.15) is 5.52 Å². The third-order valence-corrected chi connectivity index (χ3v) is 13.8. The topological polar surface area (TPSA) is 130 Å². The smallest absolute Gasteiger partial charge is 0.241 e. The molecule has 2 aliphatic carbocycles. The quantitative estimate of drug-likeness (QED) is 0.139. The Hall–Kier alpha value is -5.07. The molecule has 2 saturated heterocycles. The lowest BCUT2D eigenvalue weighted by atomic mass is 9.51. The minimum atomic E-state index is -1.27. The van der Waals surface area contributed by atoms with Gasteiger partial charge in [0.2, 0.25) is 29.5 Å². The van der Waals surface area contributed by atoms with Gasteiger partial charge in [0.15, 0.2) is 17.1 Å². The van der Waals surface area contributed by atoms with E-state index in [1.54, 1.807) is 54.6 Å². The highest BCUT2D eigenvalue weighted by Crippen LogP contribution is 2.65. The summed E-state index contributed by atoms with van der Waals surface area (Å²) in [7, 11) is 1.44. The maximum atomic E-state index is 14.7. The highest BCUT2D eigenvalue weighted by molar-refractivity contribution is 9.13. The van der Waals surface area contributed by atoms with Crippen LogP contribution in [0.1, 0.15) is 31.2 Å². The van der Waals surface area contributed by atoms with E-state index in [4.69, 9.17) is 9.15 Å². The molecule has 2 aliphatic heterocycles. The summed E-state index contributed by atoms with van der Waals surface area (Å²) in [6.07, 6.45) is 2.49. The van der Waals surface area contributed by atoms with E-state index < -0.39 is 35.0 Å². The average molecular weight is 838 g/mol. The molecule has 9 rings (SSSR count). The van der Waals surface area contributed by atoms with Crippen LogP contribution in [0.25, 0.3) is 22.6 Å². The van der Waals surface area contributed by atoms with E-state index in [-0.39, 0.29) is 48.0 Å². The predicted molar refractivity (Wildman–Crippen MR) is 203 cm³/mol. The number of para-hydroxylation sites is 3. The second-order valence-corrected chi connectivity index (χ2v) is 15.8. The van der Waals surface area contributed by atoms with Gasteiger partial charge >= 0.3 is 0 Å². The van der Waals surface area contributed by atoms with Gasteiger partial charge in [-0.05, 0) is 118 Å². The number of carbonyl (C=O) groups excluding carboxylic acids is 4. The summed E-state index contributed by atoms with van der Waals surface area (Å²) in [6.45, 7) is 1.82. The molecule has 0 bridgehead atoms. The Labute approximate surface area is 320 Å². The van der Waals surface area contributed by atoms with Gasteiger partial charge in [0, 0.05) is 16.0 Å². The number of nitrogens with zero attached hydrogens (tertiary/aromatic N) is 3. The standard InChI is InChI=1S/C41H31Br2N3O7/c1-41-27(38(49)46(40(41)51)21-8-4-3-5-9-21)18-25-23(32(41)26-19-30(52-2)35(47)34(43)33(26)42)16-17-24-31(25)39(50)45(37(24)48)22-14-12-20(13-15-22)36-44-28-10-6-7-11-29(28)53-36/h3-16,19,24-25,27,31-32,47H,17-18H2,1-2H3/t24-,25+,27-,31-,32+,41+/m0/s1. The van der Waals surface area contributed by atoms with E-state index in [0.717, 1.165) is 11.1 Å². The Kier molecular flexibility index (Phi) is 7.79. The number of carbonyl (C=O) groups is 4. The molecule has 10 nitrogen and oxygen atoms in total. The van der Waals surface area contributed by atoms with E-state index in [0.29, 0.717) is 42.9 Å². The van der Waals surface area contributed by atoms with Crippen molar-refractivity contribution in [2.24, 2.45) is 29.1 Å². The number of fused-ring (bicyclic) bond motifs is 5. The summed E-state index contributed by atoms with van der Waals surface area (Å²) in [6, 6.07) is 25.0. The molecule has 6 atom stereocenters. The van der Waals surface area contributed by atoms with E-state index in [1.165, 1.54) is 16.9 Å². The van der Waals surface area contributed by atoms with Crippen LogP contribution in [-0.2, 0) is 19.2 Å². The van der Waals surface area contributed by atoms with E-state index in [2.05, 4.69) is 36.8 Å². The Bertz CT molecular complexity index is 2390. The summed E-state index contributed by atoms with van der Waals surface area (Å²) in [5.74, 6) is -4.27. The van der Waals surface area contributed by atoms with Crippen LogP contribution < -0.4 is 14.5 Å².